The largest absolute Gasteiger partial charge is 0.455 e. The second-order valence-corrected chi connectivity index (χ2v) is 14.1. The molecule has 0 radical (unpaired) electrons. The molecule has 0 aliphatic heterocycles. The zero-order chi connectivity index (χ0) is 34.2. The summed E-state index contributed by atoms with van der Waals surface area (Å²) in [5.41, 5.74) is 11.6. The maximum atomic E-state index is 6.35. The Morgan fingerprint density at radius 2 is 1.12 bits per heavy atom. The van der Waals surface area contributed by atoms with Crippen LogP contribution in [0, 0.1) is 0 Å². The summed E-state index contributed by atoms with van der Waals surface area (Å²) < 4.78 is 15.2. The van der Waals surface area contributed by atoms with Crippen molar-refractivity contribution in [3.63, 3.8) is 0 Å². The number of hydrogen-bond donors (Lipinski definition) is 0. The second-order valence-electron chi connectivity index (χ2n) is 13.0. The Balaban J connectivity index is 1.04. The lowest BCUT2D eigenvalue weighted by Crippen LogP contribution is -2.09. The van der Waals surface area contributed by atoms with Gasteiger partial charge in [-0.3, -0.25) is 9.97 Å². The third kappa shape index (κ3) is 4.48. The van der Waals surface area contributed by atoms with Crippen molar-refractivity contribution >= 4 is 92.6 Å². The van der Waals surface area contributed by atoms with Crippen LogP contribution >= 0.6 is 11.3 Å². The predicted octanol–water partition coefficient (Wildman–Crippen LogP) is 13.4. The van der Waals surface area contributed by atoms with Gasteiger partial charge in [-0.25, -0.2) is 0 Å². The van der Waals surface area contributed by atoms with E-state index in [4.69, 9.17) is 8.83 Å². The smallest absolute Gasteiger partial charge is 0.153 e. The van der Waals surface area contributed by atoms with Gasteiger partial charge in [0.1, 0.15) is 22.3 Å². The van der Waals surface area contributed by atoms with Gasteiger partial charge in [-0.05, 0) is 83.9 Å². The molecule has 5 aromatic heterocycles. The van der Waals surface area contributed by atoms with Crippen LogP contribution in [-0.2, 0) is 0 Å². The molecule has 0 atom stereocenters. The van der Waals surface area contributed by atoms with Crippen molar-refractivity contribution < 1.29 is 8.83 Å². The number of pyridine rings is 2. The molecule has 0 saturated heterocycles. The summed E-state index contributed by atoms with van der Waals surface area (Å²) >= 11 is 1.83. The van der Waals surface area contributed by atoms with E-state index in [1.807, 2.05) is 60.3 Å². The van der Waals surface area contributed by atoms with Gasteiger partial charge < -0.3 is 13.7 Å². The number of hydrogen-bond acceptors (Lipinski definition) is 6. The highest BCUT2D eigenvalue weighted by Gasteiger charge is 2.18. The van der Waals surface area contributed by atoms with E-state index in [-0.39, 0.29) is 0 Å². The summed E-state index contributed by atoms with van der Waals surface area (Å²) in [4.78, 5) is 11.5. The molecule has 11 aromatic rings. The van der Waals surface area contributed by atoms with Crippen LogP contribution in [0.4, 0.5) is 17.1 Å². The maximum Gasteiger partial charge on any atom is 0.153 e. The van der Waals surface area contributed by atoms with E-state index in [1.54, 1.807) is 0 Å². The van der Waals surface area contributed by atoms with Gasteiger partial charge in [0.2, 0.25) is 0 Å². The Labute approximate surface area is 301 Å². The number of furan rings is 2. The molecular weight excluding hydrogens is 659 g/mol. The van der Waals surface area contributed by atoms with Crippen molar-refractivity contribution in [3.8, 4) is 22.3 Å². The lowest BCUT2D eigenvalue weighted by Gasteiger charge is -2.26. The molecule has 5 nitrogen and oxygen atoms in total. The fourth-order valence-corrected chi connectivity index (χ4v) is 8.66. The molecule has 0 amide bonds. The topological polar surface area (TPSA) is 55.3 Å². The lowest BCUT2D eigenvalue weighted by atomic mass is 10.0. The molecule has 0 unspecified atom stereocenters. The molecule has 6 heteroatoms. The number of aromatic nitrogens is 2. The summed E-state index contributed by atoms with van der Waals surface area (Å²) in [5, 5.41) is 5.63. The third-order valence-corrected chi connectivity index (χ3v) is 11.2. The van der Waals surface area contributed by atoms with Crippen molar-refractivity contribution in [2.75, 3.05) is 4.90 Å². The van der Waals surface area contributed by atoms with Gasteiger partial charge in [0.05, 0.1) is 0 Å². The van der Waals surface area contributed by atoms with Crippen molar-refractivity contribution in [1.29, 1.82) is 0 Å². The summed E-state index contributed by atoms with van der Waals surface area (Å²) in [5.74, 6) is 0. The Morgan fingerprint density at radius 1 is 0.462 bits per heavy atom. The third-order valence-electron chi connectivity index (χ3n) is 10.0. The van der Waals surface area contributed by atoms with Crippen LogP contribution in [0.25, 0.3) is 86.4 Å². The molecule has 0 N–H and O–H groups in total. The van der Waals surface area contributed by atoms with Crippen LogP contribution in [0.15, 0.2) is 173 Å². The first-order valence-corrected chi connectivity index (χ1v) is 18.0. The Kier molecular flexibility index (Phi) is 6.35. The van der Waals surface area contributed by atoms with Crippen molar-refractivity contribution in [2.24, 2.45) is 0 Å². The monoisotopic (exact) mass is 685 g/mol. The van der Waals surface area contributed by atoms with Gasteiger partial charge in [-0.15, -0.1) is 11.3 Å². The average Bonchev–Trinajstić information content (AvgIpc) is 3.90. The van der Waals surface area contributed by atoms with Crippen molar-refractivity contribution in [3.05, 3.63) is 164 Å². The summed E-state index contributed by atoms with van der Waals surface area (Å²) in [6.45, 7) is 0. The van der Waals surface area contributed by atoms with Gasteiger partial charge in [0.15, 0.2) is 5.58 Å². The highest BCUT2D eigenvalue weighted by atomic mass is 32.1. The van der Waals surface area contributed by atoms with E-state index < -0.39 is 0 Å². The van der Waals surface area contributed by atoms with Crippen LogP contribution in [0.2, 0.25) is 0 Å². The minimum atomic E-state index is 0.792. The average molecular weight is 686 g/mol. The van der Waals surface area contributed by atoms with E-state index >= 15 is 0 Å². The zero-order valence-corrected chi connectivity index (χ0v) is 28.5. The Bertz CT molecular complexity index is 2980. The minimum Gasteiger partial charge on any atom is -0.455 e. The molecular formula is C46H27N3O2S. The SMILES string of the molecule is c1ccc2c(c1)oc1c(-c3ccc(N(c4ccc(-c5cccc6c5oc5cccnc56)cc4)c4ccc5sc6ccccc6c5c4)cc3)cncc12. The van der Waals surface area contributed by atoms with Crippen LogP contribution in [0.3, 0.4) is 0 Å². The first kappa shape index (κ1) is 29.0. The Morgan fingerprint density at radius 3 is 1.96 bits per heavy atom. The number of fused-ring (bicyclic) bond motifs is 9. The molecule has 0 bridgehead atoms. The standard InChI is InChI=1S/C46H27N3O2S/c1-3-11-40-34(7-1)39-27-47-26-38(46(39)50-40)29-16-20-31(21-17-29)49(32-22-23-43-37(25-32)35-8-2-4-13-42(35)52-43)30-18-14-28(15-19-30)33-9-5-10-36-44-41(51-45(33)36)12-6-24-48-44/h1-27H. The van der Waals surface area contributed by atoms with Gasteiger partial charge in [-0.2, -0.15) is 0 Å². The quantitative estimate of drug-likeness (QED) is 0.180. The number of benzene rings is 6. The molecule has 0 aliphatic carbocycles. The van der Waals surface area contributed by atoms with Gasteiger partial charge in [0, 0.05) is 83.1 Å². The fraction of sp³-hybridized carbons (Fsp3) is 0. The molecule has 6 aromatic carbocycles. The predicted molar refractivity (Wildman–Crippen MR) is 215 cm³/mol. The van der Waals surface area contributed by atoms with Gasteiger partial charge in [0.25, 0.3) is 0 Å². The second kappa shape index (κ2) is 11.4. The molecule has 5 heterocycles. The van der Waals surface area contributed by atoms with E-state index in [0.717, 1.165) is 83.3 Å². The molecule has 244 valence electrons. The lowest BCUT2D eigenvalue weighted by molar-refractivity contribution is 0.669. The first-order valence-electron chi connectivity index (χ1n) is 17.2. The van der Waals surface area contributed by atoms with E-state index in [0.29, 0.717) is 0 Å². The number of thiophene rings is 1. The molecule has 11 rings (SSSR count). The normalized spacial score (nSPS) is 11.8. The molecule has 52 heavy (non-hydrogen) atoms. The summed E-state index contributed by atoms with van der Waals surface area (Å²) in [7, 11) is 0. The fourth-order valence-electron chi connectivity index (χ4n) is 7.57. The molecule has 0 saturated carbocycles. The molecule has 0 spiro atoms. The van der Waals surface area contributed by atoms with Crippen molar-refractivity contribution in [1.82, 2.24) is 9.97 Å². The molecule has 0 aliphatic rings. The number of anilines is 3. The van der Waals surface area contributed by atoms with Crippen LogP contribution in [0.5, 0.6) is 0 Å². The first-order chi connectivity index (χ1) is 25.8. The van der Waals surface area contributed by atoms with E-state index in [9.17, 15) is 0 Å². The maximum absolute atomic E-state index is 6.35. The van der Waals surface area contributed by atoms with Crippen LogP contribution in [0.1, 0.15) is 0 Å². The van der Waals surface area contributed by atoms with Gasteiger partial charge in [-0.1, -0.05) is 72.8 Å². The van der Waals surface area contributed by atoms with Crippen LogP contribution in [-0.4, -0.2) is 9.97 Å². The van der Waals surface area contributed by atoms with E-state index in [2.05, 4.69) is 130 Å². The van der Waals surface area contributed by atoms with Crippen LogP contribution < -0.4 is 4.90 Å². The minimum absolute atomic E-state index is 0.792. The highest BCUT2D eigenvalue weighted by Crippen LogP contribution is 2.43. The zero-order valence-electron chi connectivity index (χ0n) is 27.7. The summed E-state index contributed by atoms with van der Waals surface area (Å²) in [6, 6.07) is 51.1. The number of nitrogens with zero attached hydrogens (tertiary/aromatic N) is 3. The number of rotatable bonds is 5. The van der Waals surface area contributed by atoms with E-state index in [1.165, 1.54) is 20.2 Å². The highest BCUT2D eigenvalue weighted by molar-refractivity contribution is 7.25. The number of para-hydroxylation sites is 2. The van der Waals surface area contributed by atoms with Crippen molar-refractivity contribution in [2.45, 2.75) is 0 Å². The summed E-state index contributed by atoms with van der Waals surface area (Å²) in [6.07, 6.45) is 5.59. The molecule has 0 fully saturated rings. The Hall–Kier alpha value is -6.76. The van der Waals surface area contributed by atoms with Gasteiger partial charge >= 0.3 is 0 Å².